The smallest absolute Gasteiger partial charge is 0.162 e. The Morgan fingerprint density at radius 2 is 1.00 bits per heavy atom. The summed E-state index contributed by atoms with van der Waals surface area (Å²) in [5.74, 6) is 0. The normalized spacial score (nSPS) is 14.7. The van der Waals surface area contributed by atoms with E-state index in [2.05, 4.69) is 10.2 Å². The Bertz CT molecular complexity index is 514. The topological polar surface area (TPSA) is 24.7 Å². The molecular weight excluding hydrogens is 258 g/mol. The van der Waals surface area contributed by atoms with Gasteiger partial charge in [-0.05, 0) is 11.1 Å². The Morgan fingerprint density at radius 3 is 1.35 bits per heavy atom. The van der Waals surface area contributed by atoms with E-state index in [4.69, 9.17) is 0 Å². The van der Waals surface area contributed by atoms with Gasteiger partial charge in [-0.3, -0.25) is 0 Å². The second-order valence-electron chi connectivity index (χ2n) is 4.15. The van der Waals surface area contributed by atoms with Crippen LogP contribution in [0.15, 0.2) is 70.9 Å². The van der Waals surface area contributed by atoms with E-state index in [-0.39, 0.29) is 0 Å². The van der Waals surface area contributed by atoms with Gasteiger partial charge < -0.3 is 0 Å². The predicted octanol–water partition coefficient (Wildman–Crippen LogP) is 4.46. The molecule has 0 aromatic heterocycles. The van der Waals surface area contributed by atoms with Crippen LogP contribution in [0.4, 0.5) is 8.78 Å². The molecule has 102 valence electrons. The largest absolute Gasteiger partial charge is 0.236 e. The maximum Gasteiger partial charge on any atom is 0.162 e. The lowest BCUT2D eigenvalue weighted by molar-refractivity contribution is 0.443. The van der Waals surface area contributed by atoms with Crippen LogP contribution >= 0.6 is 0 Å². The summed E-state index contributed by atoms with van der Waals surface area (Å²) < 4.78 is 27.3. The standard InChI is InChI=1S/C16H14F2N2/c17-15(13-7-3-1-4-8-13)11-19-20-12-16(18)14-9-5-2-6-10-14/h1-12,15-16H/b19-11+,20-12+. The van der Waals surface area contributed by atoms with E-state index in [1.54, 1.807) is 60.7 Å². The second-order valence-corrected chi connectivity index (χ2v) is 4.15. The first kappa shape index (κ1) is 14.1. The van der Waals surface area contributed by atoms with Crippen molar-refractivity contribution in [1.82, 2.24) is 0 Å². The summed E-state index contributed by atoms with van der Waals surface area (Å²) in [6.07, 6.45) is -0.598. The first-order valence-electron chi connectivity index (χ1n) is 6.22. The zero-order valence-electron chi connectivity index (χ0n) is 10.7. The van der Waals surface area contributed by atoms with Crippen LogP contribution < -0.4 is 0 Å². The van der Waals surface area contributed by atoms with Crippen molar-refractivity contribution in [2.75, 3.05) is 0 Å². The number of hydrogen-bond donors (Lipinski definition) is 0. The molecule has 0 bridgehead atoms. The van der Waals surface area contributed by atoms with Crippen molar-refractivity contribution >= 4 is 12.4 Å². The minimum atomic E-state index is -1.34. The van der Waals surface area contributed by atoms with Gasteiger partial charge in [-0.1, -0.05) is 60.7 Å². The number of halogens is 2. The Labute approximate surface area is 116 Å². The summed E-state index contributed by atoms with van der Waals surface area (Å²) in [4.78, 5) is 0. The number of benzene rings is 2. The SMILES string of the molecule is FC(/C=N/N=C/C(F)c1ccccc1)c1ccccc1. The molecule has 0 amide bonds. The fourth-order valence-electron chi connectivity index (χ4n) is 1.64. The molecule has 0 heterocycles. The molecule has 4 heteroatoms. The van der Waals surface area contributed by atoms with E-state index in [9.17, 15) is 8.78 Å². The lowest BCUT2D eigenvalue weighted by Gasteiger charge is -2.01. The highest BCUT2D eigenvalue weighted by Gasteiger charge is 2.06. The molecule has 0 fully saturated rings. The van der Waals surface area contributed by atoms with Crippen molar-refractivity contribution < 1.29 is 8.78 Å². The van der Waals surface area contributed by atoms with Gasteiger partial charge in [-0.15, -0.1) is 0 Å². The number of hydrogen-bond acceptors (Lipinski definition) is 2. The van der Waals surface area contributed by atoms with Crippen LogP contribution in [0.1, 0.15) is 23.5 Å². The molecule has 0 aliphatic heterocycles. The van der Waals surface area contributed by atoms with E-state index in [0.29, 0.717) is 11.1 Å². The maximum atomic E-state index is 13.7. The van der Waals surface area contributed by atoms with E-state index in [1.165, 1.54) is 0 Å². The van der Waals surface area contributed by atoms with Gasteiger partial charge in [0.1, 0.15) is 0 Å². The minimum Gasteiger partial charge on any atom is -0.236 e. The molecule has 20 heavy (non-hydrogen) atoms. The summed E-state index contributed by atoms with van der Waals surface area (Å²) in [6.45, 7) is 0. The van der Waals surface area contributed by atoms with Crippen molar-refractivity contribution in [3.63, 3.8) is 0 Å². The van der Waals surface area contributed by atoms with Gasteiger partial charge in [0.25, 0.3) is 0 Å². The summed E-state index contributed by atoms with van der Waals surface area (Å²) in [5.41, 5.74) is 0.984. The predicted molar refractivity (Wildman–Crippen MR) is 77.6 cm³/mol. The summed E-state index contributed by atoms with van der Waals surface area (Å²) in [5, 5.41) is 7.09. The van der Waals surface area contributed by atoms with Crippen LogP contribution in [0.3, 0.4) is 0 Å². The highest BCUT2D eigenvalue weighted by molar-refractivity contribution is 5.69. The third kappa shape index (κ3) is 4.09. The molecule has 2 aromatic carbocycles. The van der Waals surface area contributed by atoms with E-state index < -0.39 is 12.3 Å². The molecule has 2 aromatic rings. The molecular formula is C16H14F2N2. The Kier molecular flexibility index (Phi) is 5.12. The maximum absolute atomic E-state index is 13.7. The highest BCUT2D eigenvalue weighted by atomic mass is 19.1. The fourth-order valence-corrected chi connectivity index (χ4v) is 1.64. The van der Waals surface area contributed by atoms with Gasteiger partial charge in [0, 0.05) is 0 Å². The number of alkyl halides is 2. The summed E-state index contributed by atoms with van der Waals surface area (Å²) >= 11 is 0. The lowest BCUT2D eigenvalue weighted by Crippen LogP contribution is -1.93. The second kappa shape index (κ2) is 7.28. The van der Waals surface area contributed by atoms with Crippen LogP contribution in [0.2, 0.25) is 0 Å². The Morgan fingerprint density at radius 1 is 0.650 bits per heavy atom. The van der Waals surface area contributed by atoms with Gasteiger partial charge in [0.2, 0.25) is 0 Å². The van der Waals surface area contributed by atoms with Gasteiger partial charge in [-0.2, -0.15) is 10.2 Å². The minimum absolute atomic E-state index is 0.492. The van der Waals surface area contributed by atoms with Crippen LogP contribution in [0.5, 0.6) is 0 Å². The molecule has 0 radical (unpaired) electrons. The molecule has 0 saturated carbocycles. The average molecular weight is 272 g/mol. The van der Waals surface area contributed by atoms with E-state index in [0.717, 1.165) is 12.4 Å². The molecule has 2 unspecified atom stereocenters. The first-order chi connectivity index (χ1) is 9.77. The Hall–Kier alpha value is -2.36. The molecule has 0 aliphatic carbocycles. The van der Waals surface area contributed by atoms with E-state index in [1.807, 2.05) is 0 Å². The lowest BCUT2D eigenvalue weighted by atomic mass is 10.1. The van der Waals surface area contributed by atoms with Gasteiger partial charge >= 0.3 is 0 Å². The number of rotatable bonds is 5. The molecule has 0 spiro atoms. The molecule has 2 rings (SSSR count). The molecule has 2 atom stereocenters. The van der Waals surface area contributed by atoms with Gasteiger partial charge in [-0.25, -0.2) is 8.78 Å². The molecule has 0 N–H and O–H groups in total. The zero-order chi connectivity index (χ0) is 14.2. The molecule has 2 nitrogen and oxygen atoms in total. The van der Waals surface area contributed by atoms with Crippen molar-refractivity contribution in [2.45, 2.75) is 12.3 Å². The first-order valence-corrected chi connectivity index (χ1v) is 6.22. The van der Waals surface area contributed by atoms with Gasteiger partial charge in [0.15, 0.2) is 12.3 Å². The Balaban J connectivity index is 1.91. The van der Waals surface area contributed by atoms with Crippen molar-refractivity contribution in [3.8, 4) is 0 Å². The quantitative estimate of drug-likeness (QED) is 0.567. The summed E-state index contributed by atoms with van der Waals surface area (Å²) in [6, 6.07) is 17.2. The van der Waals surface area contributed by atoms with Crippen molar-refractivity contribution in [3.05, 3.63) is 71.8 Å². The highest BCUT2D eigenvalue weighted by Crippen LogP contribution is 2.15. The molecule has 0 saturated heterocycles. The van der Waals surface area contributed by atoms with Crippen LogP contribution in [-0.2, 0) is 0 Å². The van der Waals surface area contributed by atoms with E-state index >= 15 is 0 Å². The number of nitrogens with zero attached hydrogens (tertiary/aromatic N) is 2. The monoisotopic (exact) mass is 272 g/mol. The molecule has 0 aliphatic rings. The summed E-state index contributed by atoms with van der Waals surface area (Å²) in [7, 11) is 0. The fraction of sp³-hybridized carbons (Fsp3) is 0.125. The average Bonchev–Trinajstić information content (AvgIpc) is 2.53. The van der Waals surface area contributed by atoms with Crippen LogP contribution in [0, 0.1) is 0 Å². The van der Waals surface area contributed by atoms with Crippen molar-refractivity contribution in [1.29, 1.82) is 0 Å². The zero-order valence-corrected chi connectivity index (χ0v) is 10.7. The third-order valence-corrected chi connectivity index (χ3v) is 2.70. The third-order valence-electron chi connectivity index (χ3n) is 2.70. The van der Waals surface area contributed by atoms with Crippen molar-refractivity contribution in [2.24, 2.45) is 10.2 Å². The van der Waals surface area contributed by atoms with Gasteiger partial charge in [0.05, 0.1) is 12.4 Å². The van der Waals surface area contributed by atoms with Crippen LogP contribution in [0.25, 0.3) is 0 Å². The van der Waals surface area contributed by atoms with Crippen LogP contribution in [-0.4, -0.2) is 12.4 Å².